The lowest BCUT2D eigenvalue weighted by Gasteiger charge is -2.10. The van der Waals surface area contributed by atoms with Gasteiger partial charge < -0.3 is 15.4 Å². The molecule has 0 aliphatic rings. The van der Waals surface area contributed by atoms with Crippen LogP contribution < -0.4 is 15.4 Å². The summed E-state index contributed by atoms with van der Waals surface area (Å²) >= 11 is 6.00. The van der Waals surface area contributed by atoms with Crippen LogP contribution in [0.4, 0.5) is 17.3 Å². The van der Waals surface area contributed by atoms with E-state index in [0.717, 1.165) is 0 Å². The predicted molar refractivity (Wildman–Crippen MR) is 102 cm³/mol. The van der Waals surface area contributed by atoms with Gasteiger partial charge in [-0.15, -0.1) is 0 Å². The summed E-state index contributed by atoms with van der Waals surface area (Å²) in [6, 6.07) is 13.8. The average molecular weight is 380 g/mol. The largest absolute Gasteiger partial charge is 0.495 e. The van der Waals surface area contributed by atoms with Crippen molar-refractivity contribution in [2.24, 2.45) is 0 Å². The Hall–Kier alpha value is -3.63. The second-order valence-corrected chi connectivity index (χ2v) is 5.85. The van der Waals surface area contributed by atoms with Gasteiger partial charge in [0.2, 0.25) is 5.95 Å². The van der Waals surface area contributed by atoms with E-state index in [0.29, 0.717) is 33.7 Å². The summed E-state index contributed by atoms with van der Waals surface area (Å²) in [4.78, 5) is 20.6. The van der Waals surface area contributed by atoms with Crippen LogP contribution in [0, 0.1) is 11.3 Å². The normalized spacial score (nSPS) is 9.96. The van der Waals surface area contributed by atoms with Crippen LogP contribution in [0.15, 0.2) is 54.9 Å². The fourth-order valence-corrected chi connectivity index (χ4v) is 2.45. The van der Waals surface area contributed by atoms with E-state index < -0.39 is 0 Å². The van der Waals surface area contributed by atoms with Crippen molar-refractivity contribution in [1.82, 2.24) is 9.97 Å². The number of ether oxygens (including phenoxy) is 1. The zero-order valence-corrected chi connectivity index (χ0v) is 15.0. The van der Waals surface area contributed by atoms with Crippen LogP contribution >= 0.6 is 11.6 Å². The molecule has 27 heavy (non-hydrogen) atoms. The minimum Gasteiger partial charge on any atom is -0.495 e. The van der Waals surface area contributed by atoms with Crippen molar-refractivity contribution in [2.45, 2.75) is 0 Å². The molecule has 0 atom stereocenters. The highest BCUT2D eigenvalue weighted by molar-refractivity contribution is 6.31. The van der Waals surface area contributed by atoms with Crippen molar-refractivity contribution >= 4 is 34.8 Å². The van der Waals surface area contributed by atoms with Crippen LogP contribution in [0.2, 0.25) is 5.02 Å². The molecule has 0 aliphatic carbocycles. The highest BCUT2D eigenvalue weighted by atomic mass is 35.5. The van der Waals surface area contributed by atoms with E-state index in [1.54, 1.807) is 49.6 Å². The third kappa shape index (κ3) is 4.51. The van der Waals surface area contributed by atoms with E-state index in [9.17, 15) is 4.79 Å². The van der Waals surface area contributed by atoms with Crippen molar-refractivity contribution in [3.05, 3.63) is 71.0 Å². The maximum absolute atomic E-state index is 12.3. The maximum Gasteiger partial charge on any atom is 0.258 e. The summed E-state index contributed by atoms with van der Waals surface area (Å²) in [6.45, 7) is 0. The number of methoxy groups -OCH3 is 1. The predicted octanol–water partition coefficient (Wildman–Crippen LogP) is 4.01. The average Bonchev–Trinajstić information content (AvgIpc) is 2.69. The van der Waals surface area contributed by atoms with Gasteiger partial charge in [-0.3, -0.25) is 4.79 Å². The first kappa shape index (κ1) is 18.2. The molecule has 0 spiro atoms. The molecule has 0 bridgehead atoms. The van der Waals surface area contributed by atoms with Gasteiger partial charge in [0.1, 0.15) is 5.75 Å². The molecule has 3 rings (SSSR count). The van der Waals surface area contributed by atoms with Gasteiger partial charge in [-0.25, -0.2) is 9.97 Å². The molecular weight excluding hydrogens is 366 g/mol. The van der Waals surface area contributed by atoms with Gasteiger partial charge in [0.25, 0.3) is 5.91 Å². The lowest BCUT2D eigenvalue weighted by molar-refractivity contribution is 0.102. The summed E-state index contributed by atoms with van der Waals surface area (Å²) in [5.41, 5.74) is 1.86. The number of halogens is 1. The number of hydrogen-bond acceptors (Lipinski definition) is 6. The fourth-order valence-electron chi connectivity index (χ4n) is 2.28. The number of amides is 1. The van der Waals surface area contributed by atoms with Gasteiger partial charge in [-0.1, -0.05) is 17.7 Å². The van der Waals surface area contributed by atoms with Crippen LogP contribution in [0.1, 0.15) is 15.9 Å². The number of benzene rings is 2. The third-order valence-electron chi connectivity index (χ3n) is 3.57. The number of aromatic nitrogens is 2. The standard InChI is InChI=1S/C19H14ClN5O2/c1-27-17-6-5-14(20)8-16(17)25-19-22-10-13(11-23-19)18(26)24-15-4-2-3-12(7-15)9-21/h2-8,10-11H,1H3,(H,24,26)(H,22,23,25). The number of nitrogens with zero attached hydrogens (tertiary/aromatic N) is 3. The molecule has 0 fully saturated rings. The van der Waals surface area contributed by atoms with Crippen molar-refractivity contribution < 1.29 is 9.53 Å². The number of rotatable bonds is 5. The monoisotopic (exact) mass is 379 g/mol. The number of nitriles is 1. The molecule has 2 N–H and O–H groups in total. The molecule has 134 valence electrons. The van der Waals surface area contributed by atoms with E-state index >= 15 is 0 Å². The second-order valence-electron chi connectivity index (χ2n) is 5.41. The summed E-state index contributed by atoms with van der Waals surface area (Å²) in [7, 11) is 1.55. The van der Waals surface area contributed by atoms with Gasteiger partial charge in [0, 0.05) is 23.1 Å². The molecule has 7 nitrogen and oxygen atoms in total. The minimum absolute atomic E-state index is 0.279. The van der Waals surface area contributed by atoms with E-state index in [1.807, 2.05) is 6.07 Å². The summed E-state index contributed by atoms with van der Waals surface area (Å²) in [6.07, 6.45) is 2.80. The minimum atomic E-state index is -0.378. The van der Waals surface area contributed by atoms with Gasteiger partial charge >= 0.3 is 0 Å². The van der Waals surface area contributed by atoms with E-state index in [1.165, 1.54) is 12.4 Å². The number of carbonyl (C=O) groups excluding carboxylic acids is 1. The Labute approximate surface area is 160 Å². The molecule has 0 saturated carbocycles. The van der Waals surface area contributed by atoms with Crippen LogP contribution in [0.3, 0.4) is 0 Å². The molecule has 1 aromatic heterocycles. The quantitative estimate of drug-likeness (QED) is 0.694. The summed E-state index contributed by atoms with van der Waals surface area (Å²) in [5, 5.41) is 15.1. The molecule has 0 radical (unpaired) electrons. The molecule has 0 unspecified atom stereocenters. The van der Waals surface area contributed by atoms with Crippen LogP contribution in [0.25, 0.3) is 0 Å². The van der Waals surface area contributed by atoms with E-state index in [2.05, 4.69) is 20.6 Å². The second kappa shape index (κ2) is 8.17. The Kier molecular flexibility index (Phi) is 5.50. The molecule has 2 aromatic carbocycles. The Balaban J connectivity index is 1.72. The third-order valence-corrected chi connectivity index (χ3v) is 3.81. The van der Waals surface area contributed by atoms with Crippen LogP contribution in [-0.4, -0.2) is 23.0 Å². The Morgan fingerprint density at radius 1 is 1.19 bits per heavy atom. The van der Waals surface area contributed by atoms with Crippen LogP contribution in [-0.2, 0) is 0 Å². The summed E-state index contributed by atoms with van der Waals surface area (Å²) in [5.74, 6) is 0.498. The molecule has 1 heterocycles. The first-order valence-electron chi connectivity index (χ1n) is 7.83. The highest BCUT2D eigenvalue weighted by Crippen LogP contribution is 2.29. The lowest BCUT2D eigenvalue weighted by Crippen LogP contribution is -2.13. The molecule has 0 aliphatic heterocycles. The number of nitrogens with one attached hydrogen (secondary N) is 2. The zero-order valence-electron chi connectivity index (χ0n) is 14.2. The highest BCUT2D eigenvalue weighted by Gasteiger charge is 2.10. The fraction of sp³-hybridized carbons (Fsp3) is 0.0526. The molecule has 3 aromatic rings. The van der Waals surface area contributed by atoms with Crippen molar-refractivity contribution in [1.29, 1.82) is 5.26 Å². The molecule has 0 saturated heterocycles. The Bertz CT molecular complexity index is 1020. The van der Waals surface area contributed by atoms with Gasteiger partial charge in [-0.2, -0.15) is 5.26 Å². The number of hydrogen-bond donors (Lipinski definition) is 2. The smallest absolute Gasteiger partial charge is 0.258 e. The topological polar surface area (TPSA) is 99.9 Å². The van der Waals surface area contributed by atoms with Gasteiger partial charge in [0.05, 0.1) is 30.0 Å². The maximum atomic E-state index is 12.3. The lowest BCUT2D eigenvalue weighted by atomic mass is 10.2. The zero-order chi connectivity index (χ0) is 19.2. The van der Waals surface area contributed by atoms with E-state index in [4.69, 9.17) is 21.6 Å². The SMILES string of the molecule is COc1ccc(Cl)cc1Nc1ncc(C(=O)Nc2cccc(C#N)c2)cn1. The Morgan fingerprint density at radius 3 is 2.67 bits per heavy atom. The number of carbonyl (C=O) groups is 1. The van der Waals surface area contributed by atoms with Gasteiger partial charge in [0.15, 0.2) is 0 Å². The van der Waals surface area contributed by atoms with E-state index in [-0.39, 0.29) is 11.5 Å². The van der Waals surface area contributed by atoms with Crippen LogP contribution in [0.5, 0.6) is 5.75 Å². The first-order chi connectivity index (χ1) is 13.1. The van der Waals surface area contributed by atoms with Gasteiger partial charge in [-0.05, 0) is 36.4 Å². The summed E-state index contributed by atoms with van der Waals surface area (Å²) < 4.78 is 5.26. The molecular formula is C19H14ClN5O2. The molecule has 8 heteroatoms. The van der Waals surface area contributed by atoms with Crippen molar-refractivity contribution in [3.8, 4) is 11.8 Å². The number of anilines is 3. The van der Waals surface area contributed by atoms with Crippen molar-refractivity contribution in [3.63, 3.8) is 0 Å². The molecule has 1 amide bonds. The first-order valence-corrected chi connectivity index (χ1v) is 8.21. The van der Waals surface area contributed by atoms with Crippen molar-refractivity contribution in [2.75, 3.05) is 17.7 Å². The Morgan fingerprint density at radius 2 is 1.96 bits per heavy atom.